The van der Waals surface area contributed by atoms with Crippen molar-refractivity contribution >= 4 is 113 Å². The first kappa shape index (κ1) is 33.6. The van der Waals surface area contributed by atoms with Crippen molar-refractivity contribution in [3.63, 3.8) is 0 Å². The highest BCUT2D eigenvalue weighted by atomic mass is 32.1. The van der Waals surface area contributed by atoms with Crippen molar-refractivity contribution in [1.82, 2.24) is 5.32 Å². The molecule has 12 rings (SSSR count). The number of nitrogens with one attached hydrogen (secondary N) is 1. The molecule has 0 aliphatic carbocycles. The molecule has 8 aromatic carbocycles. The summed E-state index contributed by atoms with van der Waals surface area (Å²) in [5, 5.41) is 10.2. The summed E-state index contributed by atoms with van der Waals surface area (Å²) in [5.74, 6) is 0.889. The lowest BCUT2D eigenvalue weighted by Gasteiger charge is -2.27. The number of benzene rings is 8. The molecule has 0 fully saturated rings. The van der Waals surface area contributed by atoms with Gasteiger partial charge in [-0.1, -0.05) is 121 Å². The predicted octanol–water partition coefficient (Wildman–Crippen LogP) is 15.5. The number of rotatable bonds is 6. The Hall–Kier alpha value is -6.57. The second-order valence-electron chi connectivity index (χ2n) is 14.7. The summed E-state index contributed by atoms with van der Waals surface area (Å²) < 4.78 is 6.35. The summed E-state index contributed by atoms with van der Waals surface area (Å²) in [4.78, 5) is 9.16. The van der Waals surface area contributed by atoms with Crippen LogP contribution in [-0.4, -0.2) is 5.84 Å². The van der Waals surface area contributed by atoms with Gasteiger partial charge in [0, 0.05) is 57.0 Å². The number of anilines is 3. The Morgan fingerprint density at radius 1 is 0.448 bits per heavy atom. The molecule has 1 aliphatic heterocycles. The van der Waals surface area contributed by atoms with E-state index in [9.17, 15) is 0 Å². The van der Waals surface area contributed by atoms with Crippen LogP contribution in [0.1, 0.15) is 22.0 Å². The minimum absolute atomic E-state index is 0.0515. The highest BCUT2D eigenvalue weighted by Gasteiger charge is 2.29. The number of hydrogen-bond donors (Lipinski definition) is 1. The first-order chi connectivity index (χ1) is 28.7. The molecule has 0 saturated carbocycles. The monoisotopic (exact) mass is 795 g/mol. The quantitative estimate of drug-likeness (QED) is 0.182. The zero-order valence-corrected chi connectivity index (χ0v) is 33.5. The molecule has 1 aliphatic rings. The number of aliphatic imine (C=N–C) groups is 1. The molecule has 3 nitrogen and oxygen atoms in total. The van der Waals surface area contributed by atoms with Gasteiger partial charge in [-0.25, -0.2) is 4.99 Å². The van der Waals surface area contributed by atoms with E-state index >= 15 is 0 Å². The van der Waals surface area contributed by atoms with Crippen molar-refractivity contribution in [2.75, 3.05) is 4.90 Å². The molecule has 0 spiro atoms. The number of amidine groups is 1. The van der Waals surface area contributed by atoms with Gasteiger partial charge in [-0.2, -0.15) is 0 Å². The van der Waals surface area contributed by atoms with Gasteiger partial charge in [0.1, 0.15) is 5.84 Å². The number of para-hydroxylation sites is 1. The molecule has 0 radical (unpaired) electrons. The van der Waals surface area contributed by atoms with E-state index in [1.54, 1.807) is 0 Å². The fraction of sp³-hybridized carbons (Fsp3) is 0.0192. The average Bonchev–Trinajstić information content (AvgIpc) is 3.99. The van der Waals surface area contributed by atoms with Crippen LogP contribution in [0.5, 0.6) is 0 Å². The molecular formula is C52H33N3S3. The average molecular weight is 796 g/mol. The first-order valence-corrected chi connectivity index (χ1v) is 21.9. The maximum Gasteiger partial charge on any atom is 0.134 e. The van der Waals surface area contributed by atoms with Gasteiger partial charge < -0.3 is 10.2 Å². The largest absolute Gasteiger partial charge is 0.358 e. The third-order valence-corrected chi connectivity index (χ3v) is 14.9. The summed E-state index contributed by atoms with van der Waals surface area (Å²) in [7, 11) is 0. The molecule has 3 aromatic heterocycles. The minimum atomic E-state index is -0.0515. The molecule has 0 saturated heterocycles. The van der Waals surface area contributed by atoms with Gasteiger partial charge in [0.15, 0.2) is 0 Å². The number of nitrogens with zero attached hydrogens (tertiary/aromatic N) is 2. The van der Waals surface area contributed by atoms with Crippen LogP contribution in [0.2, 0.25) is 0 Å². The second kappa shape index (κ2) is 13.5. The third-order valence-electron chi connectivity index (χ3n) is 11.3. The van der Waals surface area contributed by atoms with E-state index in [-0.39, 0.29) is 6.04 Å². The first-order valence-electron chi connectivity index (χ1n) is 19.5. The van der Waals surface area contributed by atoms with Crippen molar-refractivity contribution in [3.05, 3.63) is 204 Å². The second-order valence-corrected chi connectivity index (χ2v) is 17.9. The lowest BCUT2D eigenvalue weighted by molar-refractivity contribution is 0.766. The summed E-state index contributed by atoms with van der Waals surface area (Å²) in [6.07, 6.45) is 0. The molecule has 6 heteroatoms. The number of hydrogen-bond acceptors (Lipinski definition) is 6. The lowest BCUT2D eigenvalue weighted by Crippen LogP contribution is -2.32. The van der Waals surface area contributed by atoms with Crippen LogP contribution in [0, 0.1) is 0 Å². The maximum atomic E-state index is 5.45. The van der Waals surface area contributed by atoms with Crippen molar-refractivity contribution < 1.29 is 0 Å². The normalized spacial score (nSPS) is 13.9. The van der Waals surface area contributed by atoms with Gasteiger partial charge in [-0.15, -0.1) is 34.0 Å². The van der Waals surface area contributed by atoms with Gasteiger partial charge in [0.05, 0.1) is 32.7 Å². The Balaban J connectivity index is 1.04. The predicted molar refractivity (Wildman–Crippen MR) is 252 cm³/mol. The van der Waals surface area contributed by atoms with E-state index in [0.29, 0.717) is 0 Å². The van der Waals surface area contributed by atoms with Gasteiger partial charge in [-0.05, 0) is 83.4 Å². The van der Waals surface area contributed by atoms with Crippen LogP contribution in [0.4, 0.5) is 22.7 Å². The van der Waals surface area contributed by atoms with Gasteiger partial charge in [0.25, 0.3) is 0 Å². The van der Waals surface area contributed by atoms with Crippen LogP contribution >= 0.6 is 34.0 Å². The SMILES string of the molecule is c1ccc(-c2cccc(C3NC(c4ccc5sc6cccc(N(c7ccccc7)c7cccc8c7sc7ccccc78)c6c5c4)=Nc4c3sc3ccccc43)c2)cc1. The molecule has 11 aromatic rings. The Kier molecular flexibility index (Phi) is 7.83. The fourth-order valence-electron chi connectivity index (χ4n) is 8.65. The van der Waals surface area contributed by atoms with E-state index in [1.807, 2.05) is 34.0 Å². The van der Waals surface area contributed by atoms with Crippen LogP contribution in [-0.2, 0) is 0 Å². The highest BCUT2D eigenvalue weighted by Crippen LogP contribution is 2.50. The van der Waals surface area contributed by atoms with Crippen LogP contribution in [0.25, 0.3) is 61.6 Å². The zero-order chi connectivity index (χ0) is 38.2. The third kappa shape index (κ3) is 5.41. The van der Waals surface area contributed by atoms with E-state index in [0.717, 1.165) is 28.5 Å². The van der Waals surface area contributed by atoms with E-state index in [2.05, 4.69) is 198 Å². The van der Waals surface area contributed by atoms with Crippen LogP contribution in [0.3, 0.4) is 0 Å². The topological polar surface area (TPSA) is 27.6 Å². The Morgan fingerprint density at radius 2 is 1.10 bits per heavy atom. The summed E-state index contributed by atoms with van der Waals surface area (Å²) in [5.41, 5.74) is 9.26. The summed E-state index contributed by atoms with van der Waals surface area (Å²) in [6, 6.07) is 68.2. The fourth-order valence-corrected chi connectivity index (χ4v) is 12.2. The van der Waals surface area contributed by atoms with Crippen molar-refractivity contribution in [3.8, 4) is 11.1 Å². The molecule has 274 valence electrons. The van der Waals surface area contributed by atoms with Gasteiger partial charge in [-0.3, -0.25) is 0 Å². The van der Waals surface area contributed by atoms with E-state index in [1.165, 1.54) is 77.7 Å². The minimum Gasteiger partial charge on any atom is -0.358 e. The molecule has 0 bridgehead atoms. The Morgan fingerprint density at radius 3 is 1.97 bits per heavy atom. The van der Waals surface area contributed by atoms with Gasteiger partial charge in [0.2, 0.25) is 0 Å². The summed E-state index contributed by atoms with van der Waals surface area (Å²) >= 11 is 5.56. The standard InChI is InChI=1S/C52H33N3S3/c1-3-14-32(15-4-1)33-16-11-17-34(30-33)48-51-49(39-21-8-10-26-44(39)58-51)54-52(53-48)35-28-29-45-40(31-35)47-41(23-13-27-46(47)56-45)55(36-18-5-2-6-19-36)42-24-12-22-38-37-20-7-9-25-43(37)57-50(38)42/h1-31,48H,(H,53,54). The van der Waals surface area contributed by atoms with E-state index < -0.39 is 0 Å². The number of fused-ring (bicyclic) bond motifs is 9. The highest BCUT2D eigenvalue weighted by molar-refractivity contribution is 7.26. The Bertz CT molecular complexity index is 3390. The van der Waals surface area contributed by atoms with Crippen molar-refractivity contribution in [1.29, 1.82) is 0 Å². The Labute approximate surface area is 347 Å². The van der Waals surface area contributed by atoms with E-state index in [4.69, 9.17) is 4.99 Å². The molecule has 4 heterocycles. The van der Waals surface area contributed by atoms with Crippen molar-refractivity contribution in [2.24, 2.45) is 4.99 Å². The molecule has 1 N–H and O–H groups in total. The number of thiophene rings is 3. The van der Waals surface area contributed by atoms with Crippen LogP contribution < -0.4 is 10.2 Å². The molecular weight excluding hydrogens is 763 g/mol. The van der Waals surface area contributed by atoms with Crippen LogP contribution in [0.15, 0.2) is 193 Å². The molecule has 1 atom stereocenters. The smallest absolute Gasteiger partial charge is 0.134 e. The van der Waals surface area contributed by atoms with Gasteiger partial charge >= 0.3 is 0 Å². The zero-order valence-electron chi connectivity index (χ0n) is 31.1. The van der Waals surface area contributed by atoms with Crippen molar-refractivity contribution in [2.45, 2.75) is 6.04 Å². The molecule has 1 unspecified atom stereocenters. The molecule has 0 amide bonds. The molecule has 58 heavy (non-hydrogen) atoms. The summed E-state index contributed by atoms with van der Waals surface area (Å²) in [6.45, 7) is 0. The lowest BCUT2D eigenvalue weighted by atomic mass is 9.96. The maximum absolute atomic E-state index is 5.45.